The Kier molecular flexibility index (Phi) is 6.71. The van der Waals surface area contributed by atoms with Gasteiger partial charge in [0, 0.05) is 18.2 Å². The fourth-order valence-corrected chi connectivity index (χ4v) is 5.02. The highest BCUT2D eigenvalue weighted by molar-refractivity contribution is 5.98. The molecule has 0 bridgehead atoms. The molecule has 0 spiro atoms. The number of carbonyl (C=O) groups is 3. The molecule has 1 atom stereocenters. The predicted molar refractivity (Wildman–Crippen MR) is 137 cm³/mol. The molecule has 2 heterocycles. The van der Waals surface area contributed by atoms with Crippen LogP contribution in [0.15, 0.2) is 42.7 Å². The van der Waals surface area contributed by atoms with Crippen molar-refractivity contribution < 1.29 is 18.8 Å². The Morgan fingerprint density at radius 3 is 2.71 bits per heavy atom. The monoisotopic (exact) mass is 514 g/mol. The summed E-state index contributed by atoms with van der Waals surface area (Å²) in [4.78, 5) is 46.6. The van der Waals surface area contributed by atoms with Crippen molar-refractivity contribution in [2.45, 2.75) is 52.6 Å². The number of halogens is 1. The molecule has 5 rings (SSSR count). The zero-order valence-electron chi connectivity index (χ0n) is 21.3. The average Bonchev–Trinajstić information content (AvgIpc) is 3.55. The number of hydrogen-bond acceptors (Lipinski definition) is 6. The lowest BCUT2D eigenvalue weighted by molar-refractivity contribution is 0.0927. The molecule has 0 fully saturated rings. The Bertz CT molecular complexity index is 1600. The van der Waals surface area contributed by atoms with Gasteiger partial charge in [-0.25, -0.2) is 9.37 Å². The molecule has 0 unspecified atom stereocenters. The molecular weight excluding hydrogens is 487 g/mol. The summed E-state index contributed by atoms with van der Waals surface area (Å²) in [5.41, 5.74) is 5.16. The van der Waals surface area contributed by atoms with E-state index in [9.17, 15) is 18.8 Å². The third-order valence-electron chi connectivity index (χ3n) is 7.04. The first-order valence-corrected chi connectivity index (χ1v) is 12.5. The molecule has 0 aliphatic heterocycles. The van der Waals surface area contributed by atoms with Gasteiger partial charge in [0.25, 0.3) is 17.6 Å². The molecule has 2 aromatic heterocycles. The molecule has 194 valence electrons. The molecule has 2 N–H and O–H groups in total. The van der Waals surface area contributed by atoms with E-state index in [0.29, 0.717) is 24.0 Å². The average molecular weight is 515 g/mol. The van der Waals surface area contributed by atoms with Crippen molar-refractivity contribution in [3.8, 4) is 0 Å². The second-order valence-electron chi connectivity index (χ2n) is 9.39. The lowest BCUT2D eigenvalue weighted by Crippen LogP contribution is -2.30. The molecule has 2 amide bonds. The molecule has 0 saturated heterocycles. The maximum Gasteiger partial charge on any atom is 0.270 e. The van der Waals surface area contributed by atoms with Crippen molar-refractivity contribution in [1.82, 2.24) is 30.2 Å². The van der Waals surface area contributed by atoms with Crippen molar-refractivity contribution >= 4 is 23.4 Å². The van der Waals surface area contributed by atoms with Gasteiger partial charge in [0.2, 0.25) is 0 Å². The molecular formula is C28H27FN6O3. The first kappa shape index (κ1) is 25.2. The number of aromatic nitrogens is 4. The van der Waals surface area contributed by atoms with Crippen molar-refractivity contribution in [2.24, 2.45) is 0 Å². The van der Waals surface area contributed by atoms with Crippen LogP contribution in [0.3, 0.4) is 0 Å². The number of carbonyl (C=O) groups excluding carboxylic acids is 3. The van der Waals surface area contributed by atoms with Crippen LogP contribution in [0.2, 0.25) is 0 Å². The van der Waals surface area contributed by atoms with Crippen molar-refractivity contribution in [2.75, 3.05) is 0 Å². The highest BCUT2D eigenvalue weighted by atomic mass is 19.1. The summed E-state index contributed by atoms with van der Waals surface area (Å²) in [6.45, 7) is 5.51. The van der Waals surface area contributed by atoms with Gasteiger partial charge < -0.3 is 10.6 Å². The van der Waals surface area contributed by atoms with Gasteiger partial charge >= 0.3 is 0 Å². The van der Waals surface area contributed by atoms with E-state index in [-0.39, 0.29) is 41.4 Å². The van der Waals surface area contributed by atoms with Gasteiger partial charge in [0.1, 0.15) is 23.5 Å². The summed E-state index contributed by atoms with van der Waals surface area (Å²) in [6, 6.07) is 9.55. The second kappa shape index (κ2) is 10.1. The van der Waals surface area contributed by atoms with Gasteiger partial charge in [0.05, 0.1) is 6.04 Å². The normalized spacial score (nSPS) is 14.4. The number of hydrogen-bond donors (Lipinski definition) is 2. The van der Waals surface area contributed by atoms with E-state index < -0.39 is 11.8 Å². The number of fused-ring (bicyclic) bond motifs is 2. The minimum atomic E-state index is -0.495. The van der Waals surface area contributed by atoms with Gasteiger partial charge in [-0.3, -0.25) is 14.4 Å². The van der Waals surface area contributed by atoms with Gasteiger partial charge in [-0.2, -0.15) is 14.6 Å². The van der Waals surface area contributed by atoms with Crippen LogP contribution >= 0.6 is 0 Å². The fourth-order valence-electron chi connectivity index (χ4n) is 5.02. The molecule has 38 heavy (non-hydrogen) atoms. The van der Waals surface area contributed by atoms with E-state index in [4.69, 9.17) is 0 Å². The molecule has 0 saturated carbocycles. The number of nitrogens with one attached hydrogen (secondary N) is 2. The number of benzene rings is 2. The van der Waals surface area contributed by atoms with Crippen LogP contribution in [0.25, 0.3) is 5.78 Å². The zero-order valence-corrected chi connectivity index (χ0v) is 21.3. The van der Waals surface area contributed by atoms with Gasteiger partial charge in [-0.05, 0) is 67.0 Å². The second-order valence-corrected chi connectivity index (χ2v) is 9.39. The summed E-state index contributed by atoms with van der Waals surface area (Å²) in [7, 11) is 0. The number of amides is 2. The number of rotatable bonds is 7. The zero-order chi connectivity index (χ0) is 27.0. The number of nitrogens with zero attached hydrogens (tertiary/aromatic N) is 4. The first-order chi connectivity index (χ1) is 18.3. The Morgan fingerprint density at radius 1 is 1.13 bits per heavy atom. The molecule has 2 aromatic carbocycles. The van der Waals surface area contributed by atoms with E-state index in [0.717, 1.165) is 28.7 Å². The van der Waals surface area contributed by atoms with Crippen LogP contribution in [-0.2, 0) is 19.4 Å². The quantitative estimate of drug-likeness (QED) is 0.363. The molecule has 1 aliphatic rings. The van der Waals surface area contributed by atoms with E-state index in [1.807, 2.05) is 19.9 Å². The fraction of sp³-hybridized carbons (Fsp3) is 0.286. The van der Waals surface area contributed by atoms with E-state index in [1.165, 1.54) is 23.0 Å². The SMILES string of the molecule is CCc1cc(CNC(=O)c2cc(C(=O)N[C@H]3CCc4c3ccc(C(C)=O)c4C)n3ncnc3n2)ccc1F. The maximum absolute atomic E-state index is 13.8. The topological polar surface area (TPSA) is 118 Å². The van der Waals surface area contributed by atoms with Crippen LogP contribution in [-0.4, -0.2) is 37.2 Å². The highest BCUT2D eigenvalue weighted by Crippen LogP contribution is 2.35. The molecule has 4 aromatic rings. The Hall–Kier alpha value is -4.47. The van der Waals surface area contributed by atoms with E-state index >= 15 is 0 Å². The number of aryl methyl sites for hydroxylation is 1. The van der Waals surface area contributed by atoms with Crippen LogP contribution in [0, 0.1) is 12.7 Å². The lowest BCUT2D eigenvalue weighted by Gasteiger charge is -2.16. The highest BCUT2D eigenvalue weighted by Gasteiger charge is 2.28. The maximum atomic E-state index is 13.8. The van der Waals surface area contributed by atoms with Crippen molar-refractivity contribution in [3.05, 3.63) is 93.3 Å². The third-order valence-corrected chi connectivity index (χ3v) is 7.04. The van der Waals surface area contributed by atoms with Crippen LogP contribution in [0.1, 0.15) is 85.5 Å². The summed E-state index contributed by atoms with van der Waals surface area (Å²) < 4.78 is 15.1. The van der Waals surface area contributed by atoms with Crippen LogP contribution < -0.4 is 10.6 Å². The standard InChI is InChI=1S/C28H27FN6O3/c1-4-18-11-17(5-9-22(18)29)13-30-26(37)24-12-25(35-28(34-24)31-14-32-35)27(38)33-23-10-8-20-15(2)19(16(3)36)6-7-21(20)23/h5-7,9,11-12,14,23H,4,8,10,13H2,1-3H3,(H,30,37)(H,33,38)/t23-/m0/s1. The Morgan fingerprint density at radius 2 is 1.95 bits per heavy atom. The number of ketones is 1. The third kappa shape index (κ3) is 4.65. The summed E-state index contributed by atoms with van der Waals surface area (Å²) in [5.74, 6) is -1.07. The minimum absolute atomic E-state index is 0.0131. The van der Waals surface area contributed by atoms with Crippen LogP contribution in [0.5, 0.6) is 0 Å². The molecule has 9 nitrogen and oxygen atoms in total. The summed E-state index contributed by atoms with van der Waals surface area (Å²) in [6.07, 6.45) is 3.25. The lowest BCUT2D eigenvalue weighted by atomic mass is 9.96. The first-order valence-electron chi connectivity index (χ1n) is 12.5. The number of Topliss-reactive ketones (excluding diaryl/α,β-unsaturated/α-hetero) is 1. The molecule has 0 radical (unpaired) electrons. The Balaban J connectivity index is 1.37. The minimum Gasteiger partial charge on any atom is -0.347 e. The summed E-state index contributed by atoms with van der Waals surface area (Å²) >= 11 is 0. The van der Waals surface area contributed by atoms with E-state index in [1.54, 1.807) is 25.1 Å². The Labute approximate surface area is 218 Å². The van der Waals surface area contributed by atoms with Gasteiger partial charge in [0.15, 0.2) is 5.78 Å². The van der Waals surface area contributed by atoms with Crippen LogP contribution in [0.4, 0.5) is 4.39 Å². The predicted octanol–water partition coefficient (Wildman–Crippen LogP) is 3.68. The van der Waals surface area contributed by atoms with Crippen molar-refractivity contribution in [1.29, 1.82) is 0 Å². The van der Waals surface area contributed by atoms with Gasteiger partial charge in [-0.1, -0.05) is 31.2 Å². The molecule has 10 heteroatoms. The summed E-state index contributed by atoms with van der Waals surface area (Å²) in [5, 5.41) is 9.92. The van der Waals surface area contributed by atoms with Gasteiger partial charge in [-0.15, -0.1) is 0 Å². The molecule has 1 aliphatic carbocycles. The largest absolute Gasteiger partial charge is 0.347 e. The van der Waals surface area contributed by atoms with Crippen molar-refractivity contribution in [3.63, 3.8) is 0 Å². The van der Waals surface area contributed by atoms with E-state index in [2.05, 4.69) is 25.7 Å². The smallest absolute Gasteiger partial charge is 0.270 e.